The molecule has 5 nitrogen and oxygen atoms in total. The summed E-state index contributed by atoms with van der Waals surface area (Å²) in [6.07, 6.45) is 3.73. The maximum absolute atomic E-state index is 12.6. The number of hydrogen-bond donors (Lipinski definition) is 1. The molecule has 1 fully saturated rings. The van der Waals surface area contributed by atoms with E-state index >= 15 is 0 Å². The molecule has 1 N–H and O–H groups in total. The van der Waals surface area contributed by atoms with E-state index in [-0.39, 0.29) is 11.8 Å². The monoisotopic (exact) mass is 372 g/mol. The number of hydrogen-bond acceptors (Lipinski definition) is 4. The molecule has 26 heavy (non-hydrogen) atoms. The standard InChI is InChI=1S/C20H24N2O3S/c1-25-16-14-17(15-8-4-2-5-9-15)26-19(16)20(24)21-11-13-22-12-7-3-6-10-18(22)23/h2,4-5,8-9,14H,3,6-7,10-13H2,1H3,(H,21,24). The summed E-state index contributed by atoms with van der Waals surface area (Å²) in [5, 5.41) is 2.92. The number of nitrogens with one attached hydrogen (secondary N) is 1. The van der Waals surface area contributed by atoms with Gasteiger partial charge in [0, 0.05) is 30.9 Å². The summed E-state index contributed by atoms with van der Waals surface area (Å²) in [4.78, 5) is 28.0. The van der Waals surface area contributed by atoms with Gasteiger partial charge in [0.2, 0.25) is 5.91 Å². The molecule has 0 atom stereocenters. The SMILES string of the molecule is COc1cc(-c2ccccc2)sc1C(=O)NCCN1CCCCCC1=O. The first-order chi connectivity index (χ1) is 12.7. The first-order valence-electron chi connectivity index (χ1n) is 8.98. The summed E-state index contributed by atoms with van der Waals surface area (Å²) in [6, 6.07) is 11.8. The molecule has 2 heterocycles. The highest BCUT2D eigenvalue weighted by Gasteiger charge is 2.19. The Hall–Kier alpha value is -2.34. The average Bonchev–Trinajstić information content (AvgIpc) is 3.01. The van der Waals surface area contributed by atoms with E-state index in [1.165, 1.54) is 11.3 Å². The van der Waals surface area contributed by atoms with Gasteiger partial charge in [0.15, 0.2) is 0 Å². The lowest BCUT2D eigenvalue weighted by Crippen LogP contribution is -2.38. The summed E-state index contributed by atoms with van der Waals surface area (Å²) in [5.41, 5.74) is 1.06. The minimum absolute atomic E-state index is 0.156. The molecule has 0 radical (unpaired) electrons. The summed E-state index contributed by atoms with van der Waals surface area (Å²) in [7, 11) is 1.57. The molecule has 1 aliphatic rings. The van der Waals surface area contributed by atoms with Crippen molar-refractivity contribution in [1.29, 1.82) is 0 Å². The van der Waals surface area contributed by atoms with Crippen molar-refractivity contribution in [2.45, 2.75) is 25.7 Å². The minimum Gasteiger partial charge on any atom is -0.495 e. The third-order valence-corrected chi connectivity index (χ3v) is 5.69. The number of amides is 2. The second-order valence-corrected chi connectivity index (χ2v) is 7.37. The first-order valence-corrected chi connectivity index (χ1v) is 9.80. The van der Waals surface area contributed by atoms with Crippen LogP contribution in [0.25, 0.3) is 10.4 Å². The molecule has 0 unspecified atom stereocenters. The van der Waals surface area contributed by atoms with Crippen molar-refractivity contribution in [3.8, 4) is 16.2 Å². The van der Waals surface area contributed by atoms with Crippen LogP contribution in [-0.4, -0.2) is 43.5 Å². The van der Waals surface area contributed by atoms with Crippen molar-refractivity contribution in [3.05, 3.63) is 41.3 Å². The maximum Gasteiger partial charge on any atom is 0.265 e. The van der Waals surface area contributed by atoms with Crippen molar-refractivity contribution in [1.82, 2.24) is 10.2 Å². The molecule has 138 valence electrons. The van der Waals surface area contributed by atoms with Crippen LogP contribution in [0.4, 0.5) is 0 Å². The smallest absolute Gasteiger partial charge is 0.265 e. The van der Waals surface area contributed by atoms with E-state index in [4.69, 9.17) is 4.74 Å². The van der Waals surface area contributed by atoms with Gasteiger partial charge < -0.3 is 15.0 Å². The molecular formula is C20H24N2O3S. The second kappa shape index (κ2) is 8.85. The zero-order valence-electron chi connectivity index (χ0n) is 15.0. The molecule has 1 aliphatic heterocycles. The van der Waals surface area contributed by atoms with Gasteiger partial charge in [-0.15, -0.1) is 11.3 Å². The van der Waals surface area contributed by atoms with Crippen LogP contribution in [0.1, 0.15) is 35.4 Å². The topological polar surface area (TPSA) is 58.6 Å². The number of methoxy groups -OCH3 is 1. The van der Waals surface area contributed by atoms with Crippen LogP contribution in [0, 0.1) is 0 Å². The Labute approximate surface area is 158 Å². The summed E-state index contributed by atoms with van der Waals surface area (Å²) in [5.74, 6) is 0.616. The number of ether oxygens (including phenoxy) is 1. The van der Waals surface area contributed by atoms with E-state index in [1.54, 1.807) is 7.11 Å². The van der Waals surface area contributed by atoms with E-state index in [2.05, 4.69) is 5.32 Å². The summed E-state index contributed by atoms with van der Waals surface area (Å²) in [6.45, 7) is 1.80. The minimum atomic E-state index is -0.156. The van der Waals surface area contributed by atoms with E-state index in [0.29, 0.717) is 30.1 Å². The van der Waals surface area contributed by atoms with Gasteiger partial charge in [-0.3, -0.25) is 9.59 Å². The highest BCUT2D eigenvalue weighted by molar-refractivity contribution is 7.17. The second-order valence-electron chi connectivity index (χ2n) is 6.32. The van der Waals surface area contributed by atoms with Crippen LogP contribution in [0.2, 0.25) is 0 Å². The third kappa shape index (κ3) is 4.43. The van der Waals surface area contributed by atoms with Crippen LogP contribution in [0.3, 0.4) is 0 Å². The lowest BCUT2D eigenvalue weighted by molar-refractivity contribution is -0.130. The van der Waals surface area contributed by atoms with Crippen molar-refractivity contribution < 1.29 is 14.3 Å². The molecule has 1 saturated heterocycles. The molecule has 2 amide bonds. The van der Waals surface area contributed by atoms with Gasteiger partial charge in [0.1, 0.15) is 10.6 Å². The lowest BCUT2D eigenvalue weighted by Gasteiger charge is -2.20. The number of carbonyl (C=O) groups excluding carboxylic acids is 2. The first kappa shape index (κ1) is 18.5. The number of benzene rings is 1. The third-order valence-electron chi connectivity index (χ3n) is 4.52. The molecular weight excluding hydrogens is 348 g/mol. The number of nitrogens with zero attached hydrogens (tertiary/aromatic N) is 1. The highest BCUT2D eigenvalue weighted by atomic mass is 32.1. The maximum atomic E-state index is 12.6. The van der Waals surface area contributed by atoms with E-state index in [1.807, 2.05) is 41.3 Å². The Morgan fingerprint density at radius 2 is 2.04 bits per heavy atom. The molecule has 0 bridgehead atoms. The Morgan fingerprint density at radius 1 is 1.23 bits per heavy atom. The number of likely N-dealkylation sites (tertiary alicyclic amines) is 1. The molecule has 1 aromatic heterocycles. The Kier molecular flexibility index (Phi) is 6.28. The van der Waals surface area contributed by atoms with Crippen molar-refractivity contribution in [2.75, 3.05) is 26.7 Å². The molecule has 0 aliphatic carbocycles. The van der Waals surface area contributed by atoms with E-state index < -0.39 is 0 Å². The van der Waals surface area contributed by atoms with Crippen LogP contribution in [-0.2, 0) is 4.79 Å². The molecule has 6 heteroatoms. The molecule has 2 aromatic rings. The van der Waals surface area contributed by atoms with Gasteiger partial charge in [0.25, 0.3) is 5.91 Å². The van der Waals surface area contributed by atoms with Gasteiger partial charge in [-0.25, -0.2) is 0 Å². The quantitative estimate of drug-likeness (QED) is 0.843. The van der Waals surface area contributed by atoms with E-state index in [0.717, 1.165) is 36.2 Å². The molecule has 0 saturated carbocycles. The molecule has 0 spiro atoms. The van der Waals surface area contributed by atoms with Crippen LogP contribution < -0.4 is 10.1 Å². The predicted octanol–water partition coefficient (Wildman–Crippen LogP) is 3.56. The Balaban J connectivity index is 1.62. The lowest BCUT2D eigenvalue weighted by atomic mass is 10.2. The zero-order chi connectivity index (χ0) is 18.4. The number of rotatable bonds is 6. The fraction of sp³-hybridized carbons (Fsp3) is 0.400. The highest BCUT2D eigenvalue weighted by Crippen LogP contribution is 2.36. The van der Waals surface area contributed by atoms with Gasteiger partial charge in [-0.1, -0.05) is 36.8 Å². The molecule has 1 aromatic carbocycles. The average molecular weight is 372 g/mol. The Morgan fingerprint density at radius 3 is 2.81 bits per heavy atom. The fourth-order valence-corrected chi connectivity index (χ4v) is 4.14. The van der Waals surface area contributed by atoms with Gasteiger partial charge in [-0.05, 0) is 24.5 Å². The largest absolute Gasteiger partial charge is 0.495 e. The van der Waals surface area contributed by atoms with Gasteiger partial charge >= 0.3 is 0 Å². The summed E-state index contributed by atoms with van der Waals surface area (Å²) < 4.78 is 5.38. The van der Waals surface area contributed by atoms with Crippen molar-refractivity contribution in [3.63, 3.8) is 0 Å². The normalized spacial score (nSPS) is 14.8. The van der Waals surface area contributed by atoms with Crippen LogP contribution >= 0.6 is 11.3 Å². The van der Waals surface area contributed by atoms with Crippen LogP contribution in [0.15, 0.2) is 36.4 Å². The van der Waals surface area contributed by atoms with Gasteiger partial charge in [-0.2, -0.15) is 0 Å². The van der Waals surface area contributed by atoms with Crippen molar-refractivity contribution >= 4 is 23.2 Å². The van der Waals surface area contributed by atoms with Gasteiger partial charge in [0.05, 0.1) is 7.11 Å². The number of carbonyl (C=O) groups is 2. The van der Waals surface area contributed by atoms with Crippen LogP contribution in [0.5, 0.6) is 5.75 Å². The molecule has 3 rings (SSSR count). The Bertz CT molecular complexity index is 758. The predicted molar refractivity (Wildman–Crippen MR) is 104 cm³/mol. The summed E-state index contributed by atoms with van der Waals surface area (Å²) >= 11 is 1.42. The van der Waals surface area contributed by atoms with E-state index in [9.17, 15) is 9.59 Å². The number of thiophene rings is 1. The fourth-order valence-electron chi connectivity index (χ4n) is 3.09. The van der Waals surface area contributed by atoms with Crippen molar-refractivity contribution in [2.24, 2.45) is 0 Å². The zero-order valence-corrected chi connectivity index (χ0v) is 15.8.